The van der Waals surface area contributed by atoms with E-state index in [4.69, 9.17) is 16.3 Å². The quantitative estimate of drug-likeness (QED) is 0.722. The van der Waals surface area contributed by atoms with Gasteiger partial charge in [0.15, 0.2) is 0 Å². The van der Waals surface area contributed by atoms with E-state index in [2.05, 4.69) is 4.90 Å². The number of anilines is 1. The maximum absolute atomic E-state index is 13.1. The molecule has 7 nitrogen and oxygen atoms in total. The van der Waals surface area contributed by atoms with Crippen LogP contribution in [0.15, 0.2) is 35.2 Å². The Labute approximate surface area is 164 Å². The van der Waals surface area contributed by atoms with Crippen LogP contribution in [0.1, 0.15) is 16.2 Å². The van der Waals surface area contributed by atoms with Crippen molar-refractivity contribution in [3.63, 3.8) is 0 Å². The monoisotopic (exact) mass is 411 g/mol. The minimum Gasteiger partial charge on any atom is -0.464 e. The molecule has 0 N–H and O–H groups in total. The zero-order valence-corrected chi connectivity index (χ0v) is 17.0. The second-order valence-electron chi connectivity index (χ2n) is 6.40. The number of benzene rings is 1. The van der Waals surface area contributed by atoms with Crippen molar-refractivity contribution in [1.82, 2.24) is 8.87 Å². The molecule has 1 fully saturated rings. The molecule has 0 bridgehead atoms. The fraction of sp³-hybridized carbons (Fsp3) is 0.389. The zero-order chi connectivity index (χ0) is 19.8. The highest BCUT2D eigenvalue weighted by Crippen LogP contribution is 2.26. The molecular weight excluding hydrogens is 390 g/mol. The van der Waals surface area contributed by atoms with Crippen molar-refractivity contribution in [1.29, 1.82) is 0 Å². The minimum atomic E-state index is -3.69. The van der Waals surface area contributed by atoms with Crippen LogP contribution < -0.4 is 4.90 Å². The highest BCUT2D eigenvalue weighted by atomic mass is 35.5. The average Bonchev–Trinajstić information content (AvgIpc) is 2.97. The minimum absolute atomic E-state index is 0.144. The maximum Gasteiger partial charge on any atom is 0.354 e. The summed E-state index contributed by atoms with van der Waals surface area (Å²) in [7, 11) is -0.767. The number of nitrogens with zero attached hydrogens (tertiary/aromatic N) is 3. The predicted molar refractivity (Wildman–Crippen MR) is 104 cm³/mol. The summed E-state index contributed by atoms with van der Waals surface area (Å²) < 4.78 is 33.9. The van der Waals surface area contributed by atoms with E-state index < -0.39 is 16.0 Å². The van der Waals surface area contributed by atoms with E-state index in [1.165, 1.54) is 17.5 Å². The molecule has 146 valence electrons. The second-order valence-corrected chi connectivity index (χ2v) is 8.74. The van der Waals surface area contributed by atoms with Crippen LogP contribution in [0.25, 0.3) is 0 Å². The molecule has 9 heteroatoms. The van der Waals surface area contributed by atoms with Gasteiger partial charge in [0.05, 0.1) is 7.11 Å². The highest BCUT2D eigenvalue weighted by molar-refractivity contribution is 7.89. The first-order valence-corrected chi connectivity index (χ1v) is 10.3. The number of halogens is 1. The zero-order valence-electron chi connectivity index (χ0n) is 15.5. The highest BCUT2D eigenvalue weighted by Gasteiger charge is 2.32. The van der Waals surface area contributed by atoms with Gasteiger partial charge in [-0.2, -0.15) is 4.31 Å². The fourth-order valence-electron chi connectivity index (χ4n) is 3.21. The van der Waals surface area contributed by atoms with Crippen LogP contribution in [0, 0.1) is 6.92 Å². The average molecular weight is 412 g/mol. The molecule has 1 aliphatic heterocycles. The number of methoxy groups -OCH3 is 1. The first kappa shape index (κ1) is 19.7. The van der Waals surface area contributed by atoms with Gasteiger partial charge in [0.2, 0.25) is 10.0 Å². The van der Waals surface area contributed by atoms with Crippen molar-refractivity contribution >= 4 is 33.3 Å². The molecular formula is C18H22ClN3O4S. The van der Waals surface area contributed by atoms with E-state index in [1.807, 2.05) is 24.3 Å². The van der Waals surface area contributed by atoms with Crippen LogP contribution in [-0.2, 0) is 21.8 Å². The first-order chi connectivity index (χ1) is 12.8. The third-order valence-electron chi connectivity index (χ3n) is 4.93. The largest absolute Gasteiger partial charge is 0.464 e. The Balaban J connectivity index is 1.79. The summed E-state index contributed by atoms with van der Waals surface area (Å²) in [5.74, 6) is -0.561. The van der Waals surface area contributed by atoms with Crippen molar-refractivity contribution in [2.75, 3.05) is 38.2 Å². The fourth-order valence-corrected chi connectivity index (χ4v) is 5.03. The van der Waals surface area contributed by atoms with Gasteiger partial charge in [0.25, 0.3) is 0 Å². The van der Waals surface area contributed by atoms with Gasteiger partial charge in [-0.25, -0.2) is 13.2 Å². The van der Waals surface area contributed by atoms with Gasteiger partial charge < -0.3 is 14.2 Å². The number of ether oxygens (including phenoxy) is 1. The van der Waals surface area contributed by atoms with Crippen LogP contribution >= 0.6 is 11.6 Å². The second kappa shape index (κ2) is 7.53. The maximum atomic E-state index is 13.1. The number of piperazine rings is 1. The Kier molecular flexibility index (Phi) is 5.50. The van der Waals surface area contributed by atoms with Gasteiger partial charge in [-0.3, -0.25) is 0 Å². The molecule has 1 saturated heterocycles. The Morgan fingerprint density at radius 3 is 2.26 bits per heavy atom. The summed E-state index contributed by atoms with van der Waals surface area (Å²) in [4.78, 5) is 14.1. The summed E-state index contributed by atoms with van der Waals surface area (Å²) in [6, 6.07) is 8.89. The van der Waals surface area contributed by atoms with Gasteiger partial charge in [0, 0.05) is 49.6 Å². The predicted octanol–water partition coefficient (Wildman–Crippen LogP) is 2.28. The molecule has 0 radical (unpaired) electrons. The SMILES string of the molecule is COC(=O)c1cc(S(=O)(=O)N2CCN(c3ccc(Cl)cc3)CC2)c(C)n1C. The van der Waals surface area contributed by atoms with Crippen LogP contribution in [0.4, 0.5) is 5.69 Å². The molecule has 1 aliphatic rings. The van der Waals surface area contributed by atoms with E-state index >= 15 is 0 Å². The van der Waals surface area contributed by atoms with Crippen molar-refractivity contribution in [3.05, 3.63) is 46.7 Å². The molecule has 1 aromatic heterocycles. The van der Waals surface area contributed by atoms with Crippen molar-refractivity contribution in [2.24, 2.45) is 7.05 Å². The normalized spacial score (nSPS) is 15.8. The Bertz CT molecular complexity index is 946. The Morgan fingerprint density at radius 1 is 1.11 bits per heavy atom. The molecule has 0 aliphatic carbocycles. The van der Waals surface area contributed by atoms with E-state index in [1.54, 1.807) is 18.5 Å². The van der Waals surface area contributed by atoms with Crippen LogP contribution in [0.2, 0.25) is 5.02 Å². The summed E-state index contributed by atoms with van der Waals surface area (Å²) in [5.41, 5.74) is 1.74. The van der Waals surface area contributed by atoms with Crippen LogP contribution in [0.3, 0.4) is 0 Å². The Hall–Kier alpha value is -2.03. The molecule has 0 atom stereocenters. The smallest absolute Gasteiger partial charge is 0.354 e. The molecule has 0 amide bonds. The van der Waals surface area contributed by atoms with Gasteiger partial charge in [-0.05, 0) is 37.3 Å². The Morgan fingerprint density at radius 2 is 1.70 bits per heavy atom. The third kappa shape index (κ3) is 3.69. The standard InChI is InChI=1S/C18H22ClN3O4S/c1-13-17(12-16(20(13)2)18(23)26-3)27(24,25)22-10-8-21(9-11-22)15-6-4-14(19)5-7-15/h4-7,12H,8-11H2,1-3H3. The molecule has 1 aromatic carbocycles. The van der Waals surface area contributed by atoms with Gasteiger partial charge in [-0.1, -0.05) is 11.6 Å². The molecule has 0 spiro atoms. The summed E-state index contributed by atoms with van der Waals surface area (Å²) in [5, 5.41) is 0.668. The van der Waals surface area contributed by atoms with Crippen molar-refractivity contribution in [2.45, 2.75) is 11.8 Å². The van der Waals surface area contributed by atoms with E-state index in [0.717, 1.165) is 5.69 Å². The number of aromatic nitrogens is 1. The van der Waals surface area contributed by atoms with E-state index in [0.29, 0.717) is 36.9 Å². The summed E-state index contributed by atoms with van der Waals surface area (Å²) >= 11 is 5.92. The number of sulfonamides is 1. The topological polar surface area (TPSA) is 71.8 Å². The van der Waals surface area contributed by atoms with Gasteiger partial charge >= 0.3 is 5.97 Å². The summed E-state index contributed by atoms with van der Waals surface area (Å²) in [6.45, 7) is 3.58. The summed E-state index contributed by atoms with van der Waals surface area (Å²) in [6.07, 6.45) is 0. The number of hydrogen-bond acceptors (Lipinski definition) is 5. The van der Waals surface area contributed by atoms with Crippen molar-refractivity contribution < 1.29 is 17.9 Å². The lowest BCUT2D eigenvalue weighted by Crippen LogP contribution is -2.48. The lowest BCUT2D eigenvalue weighted by atomic mass is 10.2. The van der Waals surface area contributed by atoms with Gasteiger partial charge in [-0.15, -0.1) is 0 Å². The van der Waals surface area contributed by atoms with Crippen LogP contribution in [0.5, 0.6) is 0 Å². The van der Waals surface area contributed by atoms with Crippen molar-refractivity contribution in [3.8, 4) is 0 Å². The van der Waals surface area contributed by atoms with E-state index in [9.17, 15) is 13.2 Å². The third-order valence-corrected chi connectivity index (χ3v) is 7.20. The number of esters is 1. The number of hydrogen-bond donors (Lipinski definition) is 0. The molecule has 0 unspecified atom stereocenters. The van der Waals surface area contributed by atoms with E-state index in [-0.39, 0.29) is 10.6 Å². The van der Waals surface area contributed by atoms with Gasteiger partial charge in [0.1, 0.15) is 10.6 Å². The molecule has 0 saturated carbocycles. The van der Waals surface area contributed by atoms with Crippen LogP contribution in [-0.4, -0.2) is 56.5 Å². The number of carbonyl (C=O) groups is 1. The molecule has 2 aromatic rings. The lowest BCUT2D eigenvalue weighted by molar-refractivity contribution is 0.0589. The number of carbonyl (C=O) groups excluding carboxylic acids is 1. The molecule has 3 rings (SSSR count). The number of rotatable bonds is 4. The first-order valence-electron chi connectivity index (χ1n) is 8.51. The molecule has 27 heavy (non-hydrogen) atoms. The molecule has 2 heterocycles. The lowest BCUT2D eigenvalue weighted by Gasteiger charge is -2.35.